The number of methoxy groups -OCH3 is 4. The van der Waals surface area contributed by atoms with Gasteiger partial charge in [-0.2, -0.15) is 0 Å². The van der Waals surface area contributed by atoms with Gasteiger partial charge in [-0.3, -0.25) is 10.00 Å². The average Bonchev–Trinajstić information content (AvgIpc) is 3.33. The Balaban J connectivity index is 1.63. The van der Waals surface area contributed by atoms with Crippen LogP contribution in [0.25, 0.3) is 11.3 Å². The number of aromatic amines is 1. The standard InChI is InChI=1S/C25H33N3O5/c1-7-25(28(2)13-12-17-8-10-20(29-3)22(14-17)31-5)33-24-16-19(26-27-24)18-9-11-21(30-4)23(15-18)32-6/h8-11,14-16,25H,7,12-13H2,1-6H3,(H,26,27). The highest BCUT2D eigenvalue weighted by Gasteiger charge is 2.17. The third kappa shape index (κ3) is 5.90. The fourth-order valence-electron chi connectivity index (χ4n) is 3.63. The largest absolute Gasteiger partial charge is 0.493 e. The van der Waals surface area contributed by atoms with Gasteiger partial charge in [0.05, 0.1) is 34.1 Å². The molecule has 0 bridgehead atoms. The average molecular weight is 456 g/mol. The van der Waals surface area contributed by atoms with Gasteiger partial charge in [0, 0.05) is 18.2 Å². The van der Waals surface area contributed by atoms with Crippen molar-refractivity contribution in [1.82, 2.24) is 15.1 Å². The zero-order valence-electron chi connectivity index (χ0n) is 20.2. The van der Waals surface area contributed by atoms with Crippen molar-refractivity contribution in [3.63, 3.8) is 0 Å². The first-order chi connectivity index (χ1) is 16.0. The number of aromatic nitrogens is 2. The lowest BCUT2D eigenvalue weighted by Gasteiger charge is -2.26. The molecule has 1 atom stereocenters. The maximum absolute atomic E-state index is 6.18. The Morgan fingerprint density at radius 3 is 2.12 bits per heavy atom. The number of hydrogen-bond acceptors (Lipinski definition) is 7. The molecule has 0 aliphatic carbocycles. The maximum Gasteiger partial charge on any atom is 0.234 e. The molecule has 0 spiro atoms. The van der Waals surface area contributed by atoms with Gasteiger partial charge in [-0.1, -0.05) is 13.0 Å². The molecule has 0 saturated carbocycles. The quantitative estimate of drug-likeness (QED) is 0.406. The van der Waals surface area contributed by atoms with E-state index in [4.69, 9.17) is 23.7 Å². The highest BCUT2D eigenvalue weighted by molar-refractivity contribution is 5.64. The van der Waals surface area contributed by atoms with Gasteiger partial charge in [0.15, 0.2) is 29.2 Å². The monoisotopic (exact) mass is 455 g/mol. The molecule has 178 valence electrons. The van der Waals surface area contributed by atoms with Crippen molar-refractivity contribution in [2.45, 2.75) is 26.0 Å². The van der Waals surface area contributed by atoms with E-state index in [1.54, 1.807) is 28.4 Å². The van der Waals surface area contributed by atoms with Gasteiger partial charge in [0.25, 0.3) is 0 Å². The fraction of sp³-hybridized carbons (Fsp3) is 0.400. The summed E-state index contributed by atoms with van der Waals surface area (Å²) in [7, 11) is 8.57. The molecule has 0 fully saturated rings. The van der Waals surface area contributed by atoms with Crippen molar-refractivity contribution in [1.29, 1.82) is 0 Å². The number of hydrogen-bond donors (Lipinski definition) is 1. The summed E-state index contributed by atoms with van der Waals surface area (Å²) in [6, 6.07) is 13.6. The van der Waals surface area contributed by atoms with Gasteiger partial charge in [-0.25, -0.2) is 0 Å². The van der Waals surface area contributed by atoms with Crippen molar-refractivity contribution >= 4 is 0 Å². The predicted octanol–water partition coefficient (Wildman–Crippen LogP) is 4.40. The second-order valence-corrected chi connectivity index (χ2v) is 7.59. The van der Waals surface area contributed by atoms with Crippen LogP contribution in [0.15, 0.2) is 42.5 Å². The summed E-state index contributed by atoms with van der Waals surface area (Å²) in [5.41, 5.74) is 2.95. The van der Waals surface area contributed by atoms with Crippen LogP contribution in [0.1, 0.15) is 18.9 Å². The second kappa shape index (κ2) is 11.5. The number of rotatable bonds is 12. The van der Waals surface area contributed by atoms with Crippen molar-refractivity contribution in [3.8, 4) is 40.1 Å². The molecular weight excluding hydrogens is 422 g/mol. The topological polar surface area (TPSA) is 78.1 Å². The molecule has 8 nitrogen and oxygen atoms in total. The summed E-state index contributed by atoms with van der Waals surface area (Å²) in [6.07, 6.45) is 1.57. The predicted molar refractivity (Wildman–Crippen MR) is 128 cm³/mol. The third-order valence-electron chi connectivity index (χ3n) is 5.55. The van der Waals surface area contributed by atoms with Crippen LogP contribution in [-0.2, 0) is 6.42 Å². The Kier molecular flexibility index (Phi) is 8.43. The third-order valence-corrected chi connectivity index (χ3v) is 5.55. The van der Waals surface area contributed by atoms with E-state index in [9.17, 15) is 0 Å². The highest BCUT2D eigenvalue weighted by atomic mass is 16.5. The molecular formula is C25H33N3O5. The van der Waals surface area contributed by atoms with Gasteiger partial charge >= 0.3 is 0 Å². The van der Waals surface area contributed by atoms with Crippen molar-refractivity contribution in [2.24, 2.45) is 0 Å². The van der Waals surface area contributed by atoms with E-state index >= 15 is 0 Å². The maximum atomic E-state index is 6.18. The lowest BCUT2D eigenvalue weighted by molar-refractivity contribution is 0.0388. The fourth-order valence-corrected chi connectivity index (χ4v) is 3.63. The van der Waals surface area contributed by atoms with E-state index in [0.717, 1.165) is 42.1 Å². The van der Waals surface area contributed by atoms with Gasteiger partial charge in [0.1, 0.15) is 0 Å². The second-order valence-electron chi connectivity index (χ2n) is 7.59. The van der Waals surface area contributed by atoms with E-state index in [2.05, 4.69) is 35.1 Å². The van der Waals surface area contributed by atoms with Gasteiger partial charge in [-0.05, 0) is 55.8 Å². The van der Waals surface area contributed by atoms with Crippen LogP contribution < -0.4 is 23.7 Å². The normalized spacial score (nSPS) is 11.8. The summed E-state index contributed by atoms with van der Waals surface area (Å²) in [4.78, 5) is 2.18. The zero-order chi connectivity index (χ0) is 23.8. The Morgan fingerprint density at radius 2 is 1.48 bits per heavy atom. The molecule has 2 aromatic carbocycles. The number of H-pyrrole nitrogens is 1. The number of nitrogens with one attached hydrogen (secondary N) is 1. The van der Waals surface area contributed by atoms with Gasteiger partial charge < -0.3 is 23.7 Å². The number of ether oxygens (including phenoxy) is 5. The molecule has 1 unspecified atom stereocenters. The summed E-state index contributed by atoms with van der Waals surface area (Å²) >= 11 is 0. The van der Waals surface area contributed by atoms with Gasteiger partial charge in [-0.15, -0.1) is 5.10 Å². The van der Waals surface area contributed by atoms with E-state index in [1.807, 2.05) is 36.4 Å². The van der Waals surface area contributed by atoms with E-state index in [0.29, 0.717) is 17.4 Å². The first-order valence-corrected chi connectivity index (χ1v) is 10.9. The number of likely N-dealkylation sites (N-methyl/N-ethyl adjacent to an activating group) is 1. The van der Waals surface area contributed by atoms with Crippen LogP contribution in [0.4, 0.5) is 0 Å². The van der Waals surface area contributed by atoms with E-state index < -0.39 is 0 Å². The molecule has 33 heavy (non-hydrogen) atoms. The van der Waals surface area contributed by atoms with Crippen LogP contribution in [0.5, 0.6) is 28.9 Å². The first kappa shape index (κ1) is 24.3. The minimum absolute atomic E-state index is 0.105. The molecule has 8 heteroatoms. The van der Waals surface area contributed by atoms with Gasteiger partial charge in [0.2, 0.25) is 5.88 Å². The molecule has 1 heterocycles. The highest BCUT2D eigenvalue weighted by Crippen LogP contribution is 2.32. The zero-order valence-corrected chi connectivity index (χ0v) is 20.2. The van der Waals surface area contributed by atoms with Crippen LogP contribution in [0.3, 0.4) is 0 Å². The molecule has 3 aromatic rings. The molecule has 0 saturated heterocycles. The Hall–Kier alpha value is -3.39. The molecule has 0 aliphatic rings. The first-order valence-electron chi connectivity index (χ1n) is 10.9. The number of benzene rings is 2. The molecule has 1 aromatic heterocycles. The molecule has 0 aliphatic heterocycles. The lowest BCUT2D eigenvalue weighted by Crippen LogP contribution is -2.37. The lowest BCUT2D eigenvalue weighted by atomic mass is 10.1. The van der Waals surface area contributed by atoms with Crippen LogP contribution in [-0.4, -0.2) is 63.4 Å². The van der Waals surface area contributed by atoms with Crippen molar-refractivity contribution in [2.75, 3.05) is 42.0 Å². The summed E-state index contributed by atoms with van der Waals surface area (Å²) in [5.74, 6) is 3.35. The minimum Gasteiger partial charge on any atom is -0.493 e. The summed E-state index contributed by atoms with van der Waals surface area (Å²) in [6.45, 7) is 2.92. The Bertz CT molecular complexity index is 1040. The molecule has 0 radical (unpaired) electrons. The van der Waals surface area contributed by atoms with Crippen LogP contribution in [0, 0.1) is 0 Å². The van der Waals surface area contributed by atoms with Crippen LogP contribution >= 0.6 is 0 Å². The molecule has 3 rings (SSSR count). The SMILES string of the molecule is CCC(Oc1cc(-c2ccc(OC)c(OC)c2)[nH]n1)N(C)CCc1ccc(OC)c(OC)c1. The summed E-state index contributed by atoms with van der Waals surface area (Å²) in [5, 5.41) is 7.39. The van der Waals surface area contributed by atoms with E-state index in [1.165, 1.54) is 5.56 Å². The smallest absolute Gasteiger partial charge is 0.234 e. The number of nitrogens with zero attached hydrogens (tertiary/aromatic N) is 2. The molecule has 1 N–H and O–H groups in total. The van der Waals surface area contributed by atoms with E-state index in [-0.39, 0.29) is 6.23 Å². The van der Waals surface area contributed by atoms with Crippen molar-refractivity contribution in [3.05, 3.63) is 48.0 Å². The molecule has 0 amide bonds. The summed E-state index contributed by atoms with van der Waals surface area (Å²) < 4.78 is 27.6. The van der Waals surface area contributed by atoms with Crippen LogP contribution in [0.2, 0.25) is 0 Å². The van der Waals surface area contributed by atoms with Crippen molar-refractivity contribution < 1.29 is 23.7 Å². The Labute approximate surface area is 195 Å². The minimum atomic E-state index is -0.105. The Morgan fingerprint density at radius 1 is 0.848 bits per heavy atom.